The summed E-state index contributed by atoms with van der Waals surface area (Å²) in [6, 6.07) is 16.6. The summed E-state index contributed by atoms with van der Waals surface area (Å²) in [5.74, 6) is 1.10. The molecule has 0 bridgehead atoms. The first kappa shape index (κ1) is 16.5. The van der Waals surface area contributed by atoms with Crippen molar-refractivity contribution in [1.82, 2.24) is 5.32 Å². The van der Waals surface area contributed by atoms with Gasteiger partial charge in [0.25, 0.3) is 0 Å². The molecule has 1 aliphatic rings. The van der Waals surface area contributed by atoms with Gasteiger partial charge in [-0.3, -0.25) is 4.79 Å². The summed E-state index contributed by atoms with van der Waals surface area (Å²) in [7, 11) is 1.68. The monoisotopic (exact) mass is 324 g/mol. The molecule has 126 valence electrons. The molecule has 0 aromatic heterocycles. The lowest BCUT2D eigenvalue weighted by Crippen LogP contribution is -2.23. The van der Waals surface area contributed by atoms with Gasteiger partial charge in [0.15, 0.2) is 0 Å². The van der Waals surface area contributed by atoms with Crippen LogP contribution in [0.5, 0.6) is 5.75 Å². The van der Waals surface area contributed by atoms with Crippen LogP contribution in [-0.4, -0.2) is 19.6 Å². The normalized spacial score (nSPS) is 15.6. The summed E-state index contributed by atoms with van der Waals surface area (Å²) in [5.41, 5.74) is 3.45. The SMILES string of the molecule is COc1ccc(CN[C@@H](C)c2ccc(N3CCCC3=O)cc2)cc1. The van der Waals surface area contributed by atoms with Gasteiger partial charge < -0.3 is 15.0 Å². The molecule has 1 aliphatic heterocycles. The molecule has 0 unspecified atom stereocenters. The number of carbonyl (C=O) groups is 1. The minimum absolute atomic E-state index is 0.230. The number of hydrogen-bond acceptors (Lipinski definition) is 3. The van der Waals surface area contributed by atoms with Gasteiger partial charge in [0, 0.05) is 31.2 Å². The van der Waals surface area contributed by atoms with Crippen LogP contribution in [0.25, 0.3) is 0 Å². The molecule has 1 heterocycles. The number of rotatable bonds is 6. The predicted molar refractivity (Wildman–Crippen MR) is 96.3 cm³/mol. The number of methoxy groups -OCH3 is 1. The molecule has 24 heavy (non-hydrogen) atoms. The molecule has 1 fully saturated rings. The number of hydrogen-bond donors (Lipinski definition) is 1. The number of nitrogens with zero attached hydrogens (tertiary/aromatic N) is 1. The lowest BCUT2D eigenvalue weighted by atomic mass is 10.1. The van der Waals surface area contributed by atoms with Gasteiger partial charge in [0.05, 0.1) is 7.11 Å². The fourth-order valence-corrected chi connectivity index (χ4v) is 3.00. The van der Waals surface area contributed by atoms with Crippen molar-refractivity contribution in [2.75, 3.05) is 18.6 Å². The largest absolute Gasteiger partial charge is 0.497 e. The first-order valence-corrected chi connectivity index (χ1v) is 8.44. The van der Waals surface area contributed by atoms with Gasteiger partial charge in [0.1, 0.15) is 5.75 Å². The zero-order chi connectivity index (χ0) is 16.9. The van der Waals surface area contributed by atoms with Gasteiger partial charge >= 0.3 is 0 Å². The topological polar surface area (TPSA) is 41.6 Å². The molecule has 0 aliphatic carbocycles. The molecule has 0 spiro atoms. The smallest absolute Gasteiger partial charge is 0.227 e. The highest BCUT2D eigenvalue weighted by Gasteiger charge is 2.21. The number of nitrogens with one attached hydrogen (secondary N) is 1. The van der Waals surface area contributed by atoms with Crippen LogP contribution in [0.1, 0.15) is 36.9 Å². The second-order valence-corrected chi connectivity index (χ2v) is 6.19. The van der Waals surface area contributed by atoms with E-state index in [-0.39, 0.29) is 11.9 Å². The van der Waals surface area contributed by atoms with Crippen molar-refractivity contribution in [3.05, 3.63) is 59.7 Å². The number of benzene rings is 2. The Bertz CT molecular complexity index is 680. The summed E-state index contributed by atoms with van der Waals surface area (Å²) in [4.78, 5) is 13.7. The maximum absolute atomic E-state index is 11.8. The summed E-state index contributed by atoms with van der Waals surface area (Å²) in [6.45, 7) is 3.79. The van der Waals surface area contributed by atoms with E-state index in [2.05, 4.69) is 36.5 Å². The van der Waals surface area contributed by atoms with Crippen LogP contribution in [0.15, 0.2) is 48.5 Å². The summed E-state index contributed by atoms with van der Waals surface area (Å²) in [5, 5.41) is 3.53. The molecule has 4 heteroatoms. The lowest BCUT2D eigenvalue weighted by molar-refractivity contribution is -0.117. The Morgan fingerprint density at radius 2 is 1.83 bits per heavy atom. The Morgan fingerprint density at radius 1 is 1.12 bits per heavy atom. The zero-order valence-electron chi connectivity index (χ0n) is 14.3. The van der Waals surface area contributed by atoms with E-state index in [0.717, 1.165) is 30.9 Å². The zero-order valence-corrected chi connectivity index (χ0v) is 14.3. The van der Waals surface area contributed by atoms with Crippen LogP contribution in [0, 0.1) is 0 Å². The van der Waals surface area contributed by atoms with E-state index in [1.54, 1.807) is 7.11 Å². The third-order valence-corrected chi connectivity index (χ3v) is 4.55. The van der Waals surface area contributed by atoms with Crippen molar-refractivity contribution in [1.29, 1.82) is 0 Å². The summed E-state index contributed by atoms with van der Waals surface area (Å²) in [6.07, 6.45) is 1.63. The Hall–Kier alpha value is -2.33. The molecule has 2 aromatic carbocycles. The molecule has 0 saturated carbocycles. The van der Waals surface area contributed by atoms with E-state index < -0.39 is 0 Å². The highest BCUT2D eigenvalue weighted by atomic mass is 16.5. The van der Waals surface area contributed by atoms with Crippen molar-refractivity contribution in [2.45, 2.75) is 32.4 Å². The van der Waals surface area contributed by atoms with Crippen molar-refractivity contribution >= 4 is 11.6 Å². The van der Waals surface area contributed by atoms with Crippen molar-refractivity contribution in [3.8, 4) is 5.75 Å². The van der Waals surface area contributed by atoms with E-state index >= 15 is 0 Å². The minimum atomic E-state index is 0.230. The van der Waals surface area contributed by atoms with E-state index in [9.17, 15) is 4.79 Å². The van der Waals surface area contributed by atoms with E-state index in [1.807, 2.05) is 29.2 Å². The second kappa shape index (κ2) is 7.49. The van der Waals surface area contributed by atoms with Gasteiger partial charge in [-0.05, 0) is 48.7 Å². The number of carbonyl (C=O) groups excluding carboxylic acids is 1. The van der Waals surface area contributed by atoms with Crippen LogP contribution < -0.4 is 15.0 Å². The first-order valence-electron chi connectivity index (χ1n) is 8.44. The molecule has 3 rings (SSSR count). The van der Waals surface area contributed by atoms with Crippen molar-refractivity contribution in [3.63, 3.8) is 0 Å². The van der Waals surface area contributed by atoms with Gasteiger partial charge in [-0.1, -0.05) is 24.3 Å². The lowest BCUT2D eigenvalue weighted by Gasteiger charge is -2.18. The van der Waals surface area contributed by atoms with E-state index in [0.29, 0.717) is 6.42 Å². The molecule has 1 atom stereocenters. The highest BCUT2D eigenvalue weighted by Crippen LogP contribution is 2.23. The van der Waals surface area contributed by atoms with E-state index in [4.69, 9.17) is 4.74 Å². The third kappa shape index (κ3) is 3.77. The van der Waals surface area contributed by atoms with Gasteiger partial charge in [-0.2, -0.15) is 0 Å². The Balaban J connectivity index is 1.58. The number of amides is 1. The van der Waals surface area contributed by atoms with Crippen LogP contribution in [-0.2, 0) is 11.3 Å². The maximum Gasteiger partial charge on any atom is 0.227 e. The molecule has 1 saturated heterocycles. The predicted octanol–water partition coefficient (Wildman–Crippen LogP) is 3.67. The quantitative estimate of drug-likeness (QED) is 0.881. The van der Waals surface area contributed by atoms with Crippen molar-refractivity contribution in [2.24, 2.45) is 0 Å². The molecule has 1 N–H and O–H groups in total. The molecular weight excluding hydrogens is 300 g/mol. The van der Waals surface area contributed by atoms with E-state index in [1.165, 1.54) is 11.1 Å². The molecule has 4 nitrogen and oxygen atoms in total. The Labute approximate surface area is 143 Å². The van der Waals surface area contributed by atoms with Gasteiger partial charge in [-0.25, -0.2) is 0 Å². The third-order valence-electron chi connectivity index (χ3n) is 4.55. The fraction of sp³-hybridized carbons (Fsp3) is 0.350. The average molecular weight is 324 g/mol. The average Bonchev–Trinajstić information content (AvgIpc) is 3.06. The fourth-order valence-electron chi connectivity index (χ4n) is 3.00. The Kier molecular flexibility index (Phi) is 5.16. The van der Waals surface area contributed by atoms with Crippen LogP contribution >= 0.6 is 0 Å². The van der Waals surface area contributed by atoms with Crippen LogP contribution in [0.4, 0.5) is 5.69 Å². The van der Waals surface area contributed by atoms with Gasteiger partial charge in [-0.15, -0.1) is 0 Å². The number of ether oxygens (including phenoxy) is 1. The molecule has 2 aromatic rings. The van der Waals surface area contributed by atoms with Crippen LogP contribution in [0.3, 0.4) is 0 Å². The maximum atomic E-state index is 11.8. The van der Waals surface area contributed by atoms with Crippen molar-refractivity contribution < 1.29 is 9.53 Å². The molecule has 0 radical (unpaired) electrons. The second-order valence-electron chi connectivity index (χ2n) is 6.19. The minimum Gasteiger partial charge on any atom is -0.497 e. The number of anilines is 1. The van der Waals surface area contributed by atoms with Gasteiger partial charge in [0.2, 0.25) is 5.91 Å². The summed E-state index contributed by atoms with van der Waals surface area (Å²) >= 11 is 0. The highest BCUT2D eigenvalue weighted by molar-refractivity contribution is 5.95. The Morgan fingerprint density at radius 3 is 2.42 bits per heavy atom. The molecule has 1 amide bonds. The first-order chi connectivity index (χ1) is 11.7. The molecular formula is C20H24N2O2. The standard InChI is InChI=1S/C20H24N2O2/c1-15(21-14-16-5-11-19(24-2)12-6-16)17-7-9-18(10-8-17)22-13-3-4-20(22)23/h5-12,15,21H,3-4,13-14H2,1-2H3/t15-/m0/s1. The summed E-state index contributed by atoms with van der Waals surface area (Å²) < 4.78 is 5.18. The van der Waals surface area contributed by atoms with Crippen LogP contribution in [0.2, 0.25) is 0 Å².